The van der Waals surface area contributed by atoms with E-state index in [2.05, 4.69) is 15.9 Å². The van der Waals surface area contributed by atoms with E-state index in [-0.39, 0.29) is 16.5 Å². The predicted octanol–water partition coefficient (Wildman–Crippen LogP) is 4.93. The van der Waals surface area contributed by atoms with Crippen LogP contribution in [0.5, 0.6) is 0 Å². The summed E-state index contributed by atoms with van der Waals surface area (Å²) in [6.45, 7) is 1.86. The third-order valence-corrected chi connectivity index (χ3v) is 4.21. The van der Waals surface area contributed by atoms with Gasteiger partial charge in [-0.25, -0.2) is 8.78 Å². The van der Waals surface area contributed by atoms with Crippen LogP contribution < -0.4 is 5.73 Å². The van der Waals surface area contributed by atoms with Crippen molar-refractivity contribution in [2.75, 3.05) is 0 Å². The van der Waals surface area contributed by atoms with E-state index in [0.717, 1.165) is 11.1 Å². The van der Waals surface area contributed by atoms with E-state index in [4.69, 9.17) is 17.3 Å². The zero-order chi connectivity index (χ0) is 14.9. The molecule has 1 unspecified atom stereocenters. The molecular weight excluding hydrogens is 348 g/mol. The van der Waals surface area contributed by atoms with Gasteiger partial charge in [0.25, 0.3) is 0 Å². The highest BCUT2D eigenvalue weighted by Crippen LogP contribution is 2.27. The number of hydrogen-bond acceptors (Lipinski definition) is 1. The first-order valence-electron chi connectivity index (χ1n) is 6.04. The molecule has 0 spiro atoms. The van der Waals surface area contributed by atoms with Crippen molar-refractivity contribution in [3.63, 3.8) is 0 Å². The van der Waals surface area contributed by atoms with E-state index >= 15 is 0 Å². The molecule has 0 amide bonds. The quantitative estimate of drug-likeness (QED) is 0.772. The molecule has 0 saturated carbocycles. The van der Waals surface area contributed by atoms with Crippen LogP contribution in [-0.2, 0) is 6.42 Å². The zero-order valence-corrected chi connectivity index (χ0v) is 13.1. The van der Waals surface area contributed by atoms with Gasteiger partial charge in [0.1, 0.15) is 11.6 Å². The van der Waals surface area contributed by atoms with Gasteiger partial charge < -0.3 is 5.73 Å². The maximum Gasteiger partial charge on any atom is 0.143 e. The molecule has 0 aromatic heterocycles. The Bertz CT molecular complexity index is 646. The summed E-state index contributed by atoms with van der Waals surface area (Å²) in [5, 5.41) is 0.640. The van der Waals surface area contributed by atoms with Crippen LogP contribution in [0.4, 0.5) is 8.78 Å². The van der Waals surface area contributed by atoms with Crippen molar-refractivity contribution in [2.24, 2.45) is 5.73 Å². The summed E-state index contributed by atoms with van der Waals surface area (Å²) >= 11 is 9.00. The number of benzene rings is 2. The number of aryl methyl sites for hydroxylation is 1. The van der Waals surface area contributed by atoms with Crippen LogP contribution in [0.3, 0.4) is 0 Å². The Morgan fingerprint density at radius 2 is 1.95 bits per heavy atom. The molecule has 2 rings (SSSR count). The first-order valence-corrected chi connectivity index (χ1v) is 7.21. The van der Waals surface area contributed by atoms with Crippen LogP contribution in [-0.4, -0.2) is 0 Å². The fourth-order valence-corrected chi connectivity index (χ4v) is 2.48. The Kier molecular flexibility index (Phi) is 4.78. The van der Waals surface area contributed by atoms with Crippen molar-refractivity contribution < 1.29 is 8.78 Å². The molecular formula is C15H13BrClF2N. The van der Waals surface area contributed by atoms with Gasteiger partial charge in [-0.2, -0.15) is 0 Å². The lowest BCUT2D eigenvalue weighted by atomic mass is 9.98. The summed E-state index contributed by atoms with van der Waals surface area (Å²) in [6.07, 6.45) is 0.0815. The fraction of sp³-hybridized carbons (Fsp3) is 0.200. The van der Waals surface area contributed by atoms with E-state index in [9.17, 15) is 8.78 Å². The molecule has 1 atom stereocenters. The van der Waals surface area contributed by atoms with Crippen molar-refractivity contribution in [1.82, 2.24) is 0 Å². The fourth-order valence-electron chi connectivity index (χ4n) is 1.99. The van der Waals surface area contributed by atoms with Crippen molar-refractivity contribution in [3.8, 4) is 0 Å². The van der Waals surface area contributed by atoms with Gasteiger partial charge in [0.2, 0.25) is 0 Å². The van der Waals surface area contributed by atoms with E-state index in [1.165, 1.54) is 12.1 Å². The molecule has 2 aromatic carbocycles. The molecule has 0 bridgehead atoms. The first-order chi connectivity index (χ1) is 9.40. The average molecular weight is 361 g/mol. The van der Waals surface area contributed by atoms with Gasteiger partial charge >= 0.3 is 0 Å². The molecule has 2 aromatic rings. The van der Waals surface area contributed by atoms with Gasteiger partial charge in [0.15, 0.2) is 0 Å². The monoisotopic (exact) mass is 359 g/mol. The molecule has 1 nitrogen and oxygen atoms in total. The number of nitrogens with two attached hydrogens (primary N) is 1. The third-order valence-electron chi connectivity index (χ3n) is 3.17. The highest BCUT2D eigenvalue weighted by molar-refractivity contribution is 9.10. The van der Waals surface area contributed by atoms with Crippen molar-refractivity contribution in [3.05, 3.63) is 68.2 Å². The van der Waals surface area contributed by atoms with E-state index in [1.807, 2.05) is 13.0 Å². The van der Waals surface area contributed by atoms with Crippen LogP contribution in [0.25, 0.3) is 0 Å². The molecule has 0 saturated heterocycles. The lowest BCUT2D eigenvalue weighted by Crippen LogP contribution is -2.15. The number of rotatable bonds is 3. The maximum absolute atomic E-state index is 13.9. The number of hydrogen-bond donors (Lipinski definition) is 1. The second kappa shape index (κ2) is 6.20. The Morgan fingerprint density at radius 1 is 1.25 bits per heavy atom. The summed E-state index contributed by atoms with van der Waals surface area (Å²) in [5.41, 5.74) is 7.71. The topological polar surface area (TPSA) is 26.0 Å². The SMILES string of the molecule is Cc1cc(C(N)Cc2c(F)ccc(Br)c2F)ccc1Cl. The van der Waals surface area contributed by atoms with Crippen molar-refractivity contribution in [1.29, 1.82) is 0 Å². The normalized spacial score (nSPS) is 12.5. The molecule has 20 heavy (non-hydrogen) atoms. The van der Waals surface area contributed by atoms with E-state index < -0.39 is 17.7 Å². The largest absolute Gasteiger partial charge is 0.324 e. The molecule has 0 heterocycles. The van der Waals surface area contributed by atoms with Crippen molar-refractivity contribution in [2.45, 2.75) is 19.4 Å². The lowest BCUT2D eigenvalue weighted by Gasteiger charge is -2.15. The van der Waals surface area contributed by atoms with E-state index in [1.54, 1.807) is 12.1 Å². The van der Waals surface area contributed by atoms with Gasteiger partial charge in [-0.3, -0.25) is 0 Å². The highest BCUT2D eigenvalue weighted by Gasteiger charge is 2.17. The Labute approximate surface area is 129 Å². The van der Waals surface area contributed by atoms with Crippen LogP contribution in [0.2, 0.25) is 5.02 Å². The van der Waals surface area contributed by atoms with E-state index in [0.29, 0.717) is 5.02 Å². The molecule has 5 heteroatoms. The Morgan fingerprint density at radius 3 is 2.60 bits per heavy atom. The van der Waals surface area contributed by atoms with Crippen LogP contribution in [0.15, 0.2) is 34.8 Å². The smallest absolute Gasteiger partial charge is 0.143 e. The van der Waals surface area contributed by atoms with Gasteiger partial charge in [0.05, 0.1) is 4.47 Å². The second-order valence-electron chi connectivity index (χ2n) is 4.64. The summed E-state index contributed by atoms with van der Waals surface area (Å²) in [7, 11) is 0. The molecule has 0 fully saturated rings. The molecule has 0 aliphatic carbocycles. The standard InChI is InChI=1S/C15H13BrClF2N/c1-8-6-9(2-4-12(8)17)14(20)7-10-13(18)5-3-11(16)15(10)19/h2-6,14H,7,20H2,1H3. The second-order valence-corrected chi connectivity index (χ2v) is 5.90. The van der Waals surface area contributed by atoms with Gasteiger partial charge in [0, 0.05) is 16.6 Å². The zero-order valence-electron chi connectivity index (χ0n) is 10.8. The van der Waals surface area contributed by atoms with Crippen LogP contribution in [0.1, 0.15) is 22.7 Å². The number of halogens is 4. The first kappa shape index (κ1) is 15.4. The van der Waals surface area contributed by atoms with Crippen LogP contribution in [0, 0.1) is 18.6 Å². The molecule has 2 N–H and O–H groups in total. The third kappa shape index (κ3) is 3.19. The summed E-state index contributed by atoms with van der Waals surface area (Å²) in [5.74, 6) is -1.20. The van der Waals surface area contributed by atoms with Crippen LogP contribution >= 0.6 is 27.5 Å². The molecule has 0 aliphatic rings. The van der Waals surface area contributed by atoms with Gasteiger partial charge in [-0.1, -0.05) is 23.7 Å². The summed E-state index contributed by atoms with van der Waals surface area (Å²) in [4.78, 5) is 0. The maximum atomic E-state index is 13.9. The molecule has 106 valence electrons. The predicted molar refractivity (Wildman–Crippen MR) is 80.9 cm³/mol. The molecule has 0 aliphatic heterocycles. The van der Waals surface area contributed by atoms with Gasteiger partial charge in [-0.15, -0.1) is 0 Å². The van der Waals surface area contributed by atoms with Crippen molar-refractivity contribution >= 4 is 27.5 Å². The summed E-state index contributed by atoms with van der Waals surface area (Å²) < 4.78 is 27.9. The minimum atomic E-state index is -0.605. The lowest BCUT2D eigenvalue weighted by molar-refractivity contribution is 0.536. The highest BCUT2D eigenvalue weighted by atomic mass is 79.9. The Hall–Kier alpha value is -0.970. The minimum Gasteiger partial charge on any atom is -0.324 e. The minimum absolute atomic E-state index is 0.0144. The average Bonchev–Trinajstić information content (AvgIpc) is 2.42. The summed E-state index contributed by atoms with van der Waals surface area (Å²) in [6, 6.07) is 7.41. The Balaban J connectivity index is 2.30. The molecule has 0 radical (unpaired) electrons. The van der Waals surface area contributed by atoms with Gasteiger partial charge in [-0.05, 0) is 58.6 Å².